The zero-order valence-electron chi connectivity index (χ0n) is 23.6. The molecule has 0 bridgehead atoms. The average Bonchev–Trinajstić information content (AvgIpc) is 2.88. The second kappa shape index (κ2) is 13.6. The molecular weight excluding hydrogens is 511 g/mol. The predicted molar refractivity (Wildman–Crippen MR) is 132 cm³/mol. The Morgan fingerprint density at radius 3 is 2.03 bits per heavy atom. The van der Waals surface area contributed by atoms with Crippen LogP contribution in [0.5, 0.6) is 0 Å². The van der Waals surface area contributed by atoms with E-state index < -0.39 is 54.7 Å². The first-order chi connectivity index (χ1) is 17.5. The minimum atomic E-state index is -3.60. The van der Waals surface area contributed by atoms with Crippen molar-refractivity contribution in [3.8, 4) is 0 Å². The van der Waals surface area contributed by atoms with E-state index in [0.717, 1.165) is 0 Å². The highest BCUT2D eigenvalue weighted by molar-refractivity contribution is 7.59. The molecule has 218 valence electrons. The van der Waals surface area contributed by atoms with Crippen LogP contribution < -0.4 is 0 Å². The third kappa shape index (κ3) is 6.74. The molecule has 12 nitrogen and oxygen atoms in total. The van der Waals surface area contributed by atoms with Crippen LogP contribution >= 0.6 is 7.37 Å². The summed E-state index contributed by atoms with van der Waals surface area (Å²) in [7, 11) is 2.12. The molecule has 0 spiro atoms. The van der Waals surface area contributed by atoms with E-state index in [1.807, 2.05) is 0 Å². The van der Waals surface area contributed by atoms with E-state index in [4.69, 9.17) is 47.2 Å². The first-order valence-corrected chi connectivity index (χ1v) is 14.5. The van der Waals surface area contributed by atoms with Crippen LogP contribution in [0.2, 0.25) is 0 Å². The fraction of sp³-hybridized carbons (Fsp3) is 0.958. The summed E-state index contributed by atoms with van der Waals surface area (Å²) in [6, 6.07) is -1.09. The van der Waals surface area contributed by atoms with Gasteiger partial charge >= 0.3 is 5.97 Å². The molecule has 1 heterocycles. The van der Waals surface area contributed by atoms with E-state index >= 15 is 0 Å². The van der Waals surface area contributed by atoms with Gasteiger partial charge in [0, 0.05) is 53.0 Å². The first kappa shape index (κ1) is 32.6. The number of carbonyl (C=O) groups is 1. The smallest absolute Gasteiger partial charge is 0.338 e. The van der Waals surface area contributed by atoms with Gasteiger partial charge in [-0.2, -0.15) is 0 Å². The maximum Gasteiger partial charge on any atom is 0.338 e. The summed E-state index contributed by atoms with van der Waals surface area (Å²) in [6.45, 7) is 9.27. The Morgan fingerprint density at radius 1 is 0.946 bits per heavy atom. The maximum atomic E-state index is 14.3. The largest absolute Gasteiger partial charge is 0.467 e. The molecular formula is C24H45O12P. The lowest BCUT2D eigenvalue weighted by Gasteiger charge is -2.57. The quantitative estimate of drug-likeness (QED) is 0.167. The predicted octanol–water partition coefficient (Wildman–Crippen LogP) is 3.11. The Bertz CT molecular complexity index is 777. The van der Waals surface area contributed by atoms with Gasteiger partial charge in [-0.05, 0) is 41.0 Å². The van der Waals surface area contributed by atoms with Crippen LogP contribution in [-0.4, -0.2) is 103 Å². The summed E-state index contributed by atoms with van der Waals surface area (Å²) in [6.07, 6.45) is -1.22. The van der Waals surface area contributed by atoms with Crippen molar-refractivity contribution in [2.45, 2.75) is 82.9 Å². The molecule has 1 aliphatic carbocycles. The molecule has 1 unspecified atom stereocenters. The van der Waals surface area contributed by atoms with Crippen LogP contribution in [0, 0.1) is 5.92 Å². The van der Waals surface area contributed by atoms with Crippen molar-refractivity contribution in [2.24, 2.45) is 5.92 Å². The standard InChI is InChI=1S/C24H45O12P/c1-10-31-21(32-11-2)37(26,34-12-3)15-17-13-24(20(25)28-7,33-16-27-6)14-18-19(17)36-23(5,30-9)22(4,29-8)35-18/h17-19,21H,10-16H2,1-9H3/t17-,18-,19-,22+,23+,24+,37?/m1/s1. The Kier molecular flexibility index (Phi) is 12.0. The summed E-state index contributed by atoms with van der Waals surface area (Å²) in [5, 5.41) is 0. The van der Waals surface area contributed by atoms with Crippen molar-refractivity contribution >= 4 is 13.3 Å². The van der Waals surface area contributed by atoms with Crippen molar-refractivity contribution in [3.63, 3.8) is 0 Å². The molecule has 0 aromatic carbocycles. The lowest BCUT2D eigenvalue weighted by Crippen LogP contribution is -2.70. The van der Waals surface area contributed by atoms with Crippen molar-refractivity contribution in [3.05, 3.63) is 0 Å². The number of ether oxygens (including phenoxy) is 9. The van der Waals surface area contributed by atoms with E-state index in [1.165, 1.54) is 28.4 Å². The zero-order valence-corrected chi connectivity index (χ0v) is 24.5. The van der Waals surface area contributed by atoms with Crippen molar-refractivity contribution in [1.82, 2.24) is 0 Å². The number of hydrogen-bond donors (Lipinski definition) is 0. The van der Waals surface area contributed by atoms with Gasteiger partial charge in [0.15, 0.2) is 5.60 Å². The van der Waals surface area contributed by atoms with E-state index in [2.05, 4.69) is 0 Å². The SMILES string of the molecule is CCOC(OCC)P(=O)(C[C@H]1C[C@@](OCOC)(C(=O)OC)C[C@H]2O[C@](C)(OC)[C@@](C)(OC)O[C@H]12)OCC. The van der Waals surface area contributed by atoms with Crippen LogP contribution in [0.3, 0.4) is 0 Å². The molecule has 1 saturated heterocycles. The van der Waals surface area contributed by atoms with E-state index in [0.29, 0.717) is 0 Å². The van der Waals surface area contributed by atoms with Gasteiger partial charge in [-0.15, -0.1) is 0 Å². The number of methoxy groups -OCH3 is 4. The maximum absolute atomic E-state index is 14.3. The monoisotopic (exact) mass is 556 g/mol. The van der Waals surface area contributed by atoms with Gasteiger partial charge in [0.1, 0.15) is 6.79 Å². The second-order valence-corrected chi connectivity index (χ2v) is 11.8. The summed E-state index contributed by atoms with van der Waals surface area (Å²) in [5.41, 5.74) is -1.46. The van der Waals surface area contributed by atoms with E-state index in [-0.39, 0.29) is 45.6 Å². The van der Waals surface area contributed by atoms with Gasteiger partial charge in [-0.3, -0.25) is 4.57 Å². The highest BCUT2D eigenvalue weighted by atomic mass is 31.2. The molecule has 2 rings (SSSR count). The van der Waals surface area contributed by atoms with Gasteiger partial charge in [0.2, 0.25) is 17.6 Å². The van der Waals surface area contributed by atoms with E-state index in [1.54, 1.807) is 34.6 Å². The van der Waals surface area contributed by atoms with Gasteiger partial charge < -0.3 is 47.2 Å². The number of carbonyl (C=O) groups excluding carboxylic acids is 1. The second-order valence-electron chi connectivity index (χ2n) is 9.29. The molecule has 0 N–H and O–H groups in total. The van der Waals surface area contributed by atoms with Crippen LogP contribution in [0.1, 0.15) is 47.5 Å². The average molecular weight is 557 g/mol. The molecule has 0 aromatic heterocycles. The fourth-order valence-electron chi connectivity index (χ4n) is 5.05. The van der Waals surface area contributed by atoms with Crippen LogP contribution in [0.4, 0.5) is 0 Å². The normalized spacial score (nSPS) is 35.7. The molecule has 37 heavy (non-hydrogen) atoms. The van der Waals surface area contributed by atoms with Gasteiger partial charge in [0.05, 0.1) is 25.9 Å². The Hall–Kier alpha value is -0.660. The van der Waals surface area contributed by atoms with Crippen molar-refractivity contribution < 1.29 is 56.5 Å². The Labute approximate surface area is 220 Å². The number of fused-ring (bicyclic) bond motifs is 1. The van der Waals surface area contributed by atoms with Gasteiger partial charge in [-0.1, -0.05) is 0 Å². The van der Waals surface area contributed by atoms with Crippen LogP contribution in [0.25, 0.3) is 0 Å². The Balaban J connectivity index is 2.60. The zero-order chi connectivity index (χ0) is 27.9. The highest BCUT2D eigenvalue weighted by Crippen LogP contribution is 2.58. The number of esters is 1. The number of hydrogen-bond acceptors (Lipinski definition) is 12. The third-order valence-corrected chi connectivity index (χ3v) is 9.70. The molecule has 0 radical (unpaired) electrons. The van der Waals surface area contributed by atoms with Crippen LogP contribution in [0.15, 0.2) is 0 Å². The Morgan fingerprint density at radius 2 is 1.54 bits per heavy atom. The summed E-state index contributed by atoms with van der Waals surface area (Å²) < 4.78 is 72.1. The summed E-state index contributed by atoms with van der Waals surface area (Å²) >= 11 is 0. The molecule has 0 aromatic rings. The molecule has 2 fully saturated rings. The van der Waals surface area contributed by atoms with Crippen molar-refractivity contribution in [1.29, 1.82) is 0 Å². The van der Waals surface area contributed by atoms with Gasteiger partial charge in [-0.25, -0.2) is 4.79 Å². The highest BCUT2D eigenvalue weighted by Gasteiger charge is 2.64. The van der Waals surface area contributed by atoms with E-state index in [9.17, 15) is 9.36 Å². The lowest BCUT2D eigenvalue weighted by molar-refractivity contribution is -0.459. The summed E-state index contributed by atoms with van der Waals surface area (Å²) in [5.74, 6) is -3.81. The molecule has 1 saturated carbocycles. The molecule has 7 atom stereocenters. The molecule has 1 aliphatic heterocycles. The van der Waals surface area contributed by atoms with Crippen molar-refractivity contribution in [2.75, 3.05) is 61.2 Å². The molecule has 13 heteroatoms. The lowest BCUT2D eigenvalue weighted by atomic mass is 9.74. The fourth-order valence-corrected chi connectivity index (χ4v) is 7.63. The molecule has 0 amide bonds. The minimum absolute atomic E-state index is 0.0331. The van der Waals surface area contributed by atoms with Crippen LogP contribution in [-0.2, 0) is 56.5 Å². The van der Waals surface area contributed by atoms with Gasteiger partial charge in [0.25, 0.3) is 7.37 Å². The third-order valence-electron chi connectivity index (χ3n) is 7.08. The molecule has 2 aliphatic rings. The summed E-state index contributed by atoms with van der Waals surface area (Å²) in [4.78, 5) is 13.2. The topological polar surface area (TPSA) is 126 Å². The minimum Gasteiger partial charge on any atom is -0.467 e. The number of rotatable bonds is 15. The first-order valence-electron chi connectivity index (χ1n) is 12.6.